The van der Waals surface area contributed by atoms with Gasteiger partial charge in [0.15, 0.2) is 11.4 Å². The highest BCUT2D eigenvalue weighted by atomic mass is 16.6. The van der Waals surface area contributed by atoms with Crippen molar-refractivity contribution < 1.29 is 33.4 Å². The van der Waals surface area contributed by atoms with Crippen LogP contribution in [0, 0.1) is 0 Å². The highest BCUT2D eigenvalue weighted by Gasteiger charge is 2.66. The summed E-state index contributed by atoms with van der Waals surface area (Å²) in [7, 11) is 1.56. The van der Waals surface area contributed by atoms with Gasteiger partial charge in [-0.1, -0.05) is 42.5 Å². The standard InChI is InChI=1S/C33H44N4O7/c1-22(34-28(38)21-37-15-17-43-18-16-37)30(40)36-27(20-24-11-13-25(42-5)14-12-24)31(41)35-26(19-23-9-7-6-8-10-23)29(39)33(4)32(2,3)44-33/h6-14,22,26-27H,15-21H2,1-5H3,(H,34,38)(H,35,41)(H,36,40)/t22-,26-,27-,33-/m0/s1. The number of ketones is 1. The average molecular weight is 609 g/mol. The molecule has 0 unspecified atom stereocenters. The Bertz CT molecular complexity index is 1310. The van der Waals surface area contributed by atoms with E-state index in [9.17, 15) is 19.2 Å². The van der Waals surface area contributed by atoms with Gasteiger partial charge in [-0.25, -0.2) is 0 Å². The summed E-state index contributed by atoms with van der Waals surface area (Å²) < 4.78 is 16.4. The van der Waals surface area contributed by atoms with Crippen molar-refractivity contribution in [2.24, 2.45) is 0 Å². The molecule has 0 aliphatic carbocycles. The van der Waals surface area contributed by atoms with Crippen LogP contribution in [-0.4, -0.2) is 97.7 Å². The predicted molar refractivity (Wildman–Crippen MR) is 164 cm³/mol. The first-order chi connectivity index (χ1) is 20.9. The molecule has 2 aromatic carbocycles. The van der Waals surface area contributed by atoms with Crippen LogP contribution >= 0.6 is 0 Å². The number of carbonyl (C=O) groups excluding carboxylic acids is 4. The van der Waals surface area contributed by atoms with Crippen molar-refractivity contribution in [3.05, 3.63) is 65.7 Å². The number of Topliss-reactive ketones (excluding diaryl/α,β-unsaturated/α-hetero) is 1. The second-order valence-corrected chi connectivity index (χ2v) is 12.1. The van der Waals surface area contributed by atoms with Gasteiger partial charge in [0.05, 0.1) is 38.5 Å². The first-order valence-corrected chi connectivity index (χ1v) is 15.0. The van der Waals surface area contributed by atoms with E-state index in [1.165, 1.54) is 0 Å². The van der Waals surface area contributed by atoms with Crippen molar-refractivity contribution in [3.8, 4) is 5.75 Å². The van der Waals surface area contributed by atoms with Crippen LogP contribution in [0.15, 0.2) is 54.6 Å². The molecule has 0 bridgehead atoms. The summed E-state index contributed by atoms with van der Waals surface area (Å²) >= 11 is 0. The monoisotopic (exact) mass is 608 g/mol. The molecule has 0 aromatic heterocycles. The number of benzene rings is 2. The van der Waals surface area contributed by atoms with Crippen molar-refractivity contribution in [3.63, 3.8) is 0 Å². The number of epoxide rings is 1. The van der Waals surface area contributed by atoms with E-state index >= 15 is 0 Å². The lowest BCUT2D eigenvalue weighted by Gasteiger charge is -2.27. The van der Waals surface area contributed by atoms with Crippen LogP contribution in [0.25, 0.3) is 0 Å². The molecule has 2 fully saturated rings. The van der Waals surface area contributed by atoms with E-state index in [1.807, 2.05) is 61.2 Å². The molecule has 0 spiro atoms. The first kappa shape index (κ1) is 33.1. The van der Waals surface area contributed by atoms with E-state index in [-0.39, 0.29) is 31.1 Å². The van der Waals surface area contributed by atoms with E-state index in [0.29, 0.717) is 32.1 Å². The highest BCUT2D eigenvalue weighted by molar-refractivity contribution is 5.99. The number of nitrogens with zero attached hydrogens (tertiary/aromatic N) is 1. The van der Waals surface area contributed by atoms with Crippen molar-refractivity contribution in [2.75, 3.05) is 40.0 Å². The Morgan fingerprint density at radius 3 is 2.00 bits per heavy atom. The zero-order valence-electron chi connectivity index (χ0n) is 26.2. The molecular formula is C33H44N4O7. The molecule has 3 N–H and O–H groups in total. The number of carbonyl (C=O) groups is 4. The second-order valence-electron chi connectivity index (χ2n) is 12.1. The Kier molecular flexibility index (Phi) is 10.8. The average Bonchev–Trinajstić information content (AvgIpc) is 3.54. The summed E-state index contributed by atoms with van der Waals surface area (Å²) in [6.45, 7) is 9.54. The summed E-state index contributed by atoms with van der Waals surface area (Å²) in [5.74, 6) is -0.905. The van der Waals surface area contributed by atoms with E-state index in [4.69, 9.17) is 14.2 Å². The molecule has 0 saturated carbocycles. The molecule has 11 heteroatoms. The Hall–Kier alpha value is -3.80. The minimum absolute atomic E-state index is 0.150. The van der Waals surface area contributed by atoms with Gasteiger partial charge in [-0.3, -0.25) is 24.1 Å². The number of hydrogen-bond donors (Lipinski definition) is 3. The van der Waals surface area contributed by atoms with Crippen LogP contribution in [0.4, 0.5) is 0 Å². The Morgan fingerprint density at radius 2 is 1.41 bits per heavy atom. The highest BCUT2D eigenvalue weighted by Crippen LogP contribution is 2.48. The van der Waals surface area contributed by atoms with Crippen LogP contribution in [-0.2, 0) is 41.5 Å². The van der Waals surface area contributed by atoms with Crippen LogP contribution in [0.3, 0.4) is 0 Å². The number of nitrogens with one attached hydrogen (secondary N) is 3. The zero-order chi connectivity index (χ0) is 31.9. The zero-order valence-corrected chi connectivity index (χ0v) is 26.2. The third kappa shape index (κ3) is 8.43. The smallest absolute Gasteiger partial charge is 0.243 e. The summed E-state index contributed by atoms with van der Waals surface area (Å²) in [6.07, 6.45) is 0.416. The summed E-state index contributed by atoms with van der Waals surface area (Å²) in [5, 5.41) is 8.45. The van der Waals surface area contributed by atoms with Crippen molar-refractivity contribution >= 4 is 23.5 Å². The maximum Gasteiger partial charge on any atom is 0.243 e. The minimum atomic E-state index is -1.05. The number of methoxy groups -OCH3 is 1. The number of morpholine rings is 1. The number of hydrogen-bond acceptors (Lipinski definition) is 8. The molecule has 11 nitrogen and oxygen atoms in total. The van der Waals surface area contributed by atoms with Crippen molar-refractivity contribution in [2.45, 2.75) is 69.9 Å². The fourth-order valence-electron chi connectivity index (χ4n) is 5.31. The van der Waals surface area contributed by atoms with Gasteiger partial charge in [-0.15, -0.1) is 0 Å². The molecule has 0 radical (unpaired) electrons. The van der Waals surface area contributed by atoms with Gasteiger partial charge in [0.1, 0.15) is 17.8 Å². The Balaban J connectivity index is 1.49. The quantitative estimate of drug-likeness (QED) is 0.274. The van der Waals surface area contributed by atoms with E-state index < -0.39 is 41.1 Å². The van der Waals surface area contributed by atoms with Gasteiger partial charge in [0.2, 0.25) is 17.7 Å². The van der Waals surface area contributed by atoms with E-state index in [0.717, 1.165) is 11.1 Å². The minimum Gasteiger partial charge on any atom is -0.497 e. The molecule has 2 aliphatic heterocycles. The van der Waals surface area contributed by atoms with Crippen LogP contribution in [0.2, 0.25) is 0 Å². The molecule has 2 aromatic rings. The van der Waals surface area contributed by atoms with Gasteiger partial charge in [-0.05, 0) is 57.4 Å². The maximum absolute atomic E-state index is 13.9. The molecule has 2 saturated heterocycles. The van der Waals surface area contributed by atoms with Gasteiger partial charge in [0.25, 0.3) is 0 Å². The topological polar surface area (TPSA) is 139 Å². The third-order valence-electron chi connectivity index (χ3n) is 8.43. The lowest BCUT2D eigenvalue weighted by atomic mass is 9.87. The number of ether oxygens (including phenoxy) is 3. The van der Waals surface area contributed by atoms with Crippen molar-refractivity contribution in [1.29, 1.82) is 0 Å². The van der Waals surface area contributed by atoms with E-state index in [2.05, 4.69) is 16.0 Å². The Morgan fingerprint density at radius 1 is 0.841 bits per heavy atom. The molecule has 2 heterocycles. The molecule has 4 rings (SSSR count). The third-order valence-corrected chi connectivity index (χ3v) is 8.43. The molecule has 3 amide bonds. The van der Waals surface area contributed by atoms with Gasteiger partial charge in [-0.2, -0.15) is 0 Å². The summed E-state index contributed by atoms with van der Waals surface area (Å²) in [5.41, 5.74) is -0.0522. The first-order valence-electron chi connectivity index (χ1n) is 15.0. The SMILES string of the molecule is COc1ccc(C[C@H](NC(=O)[C@H](C)NC(=O)CN2CCOCC2)C(=O)N[C@@H](Cc2ccccc2)C(=O)[C@]2(C)OC2(C)C)cc1. The van der Waals surface area contributed by atoms with E-state index in [1.54, 1.807) is 33.1 Å². The molecule has 2 aliphatic rings. The largest absolute Gasteiger partial charge is 0.497 e. The fourth-order valence-corrected chi connectivity index (χ4v) is 5.31. The van der Waals surface area contributed by atoms with Gasteiger partial charge in [0, 0.05) is 19.5 Å². The lowest BCUT2D eigenvalue weighted by Crippen LogP contribution is -2.58. The lowest BCUT2D eigenvalue weighted by molar-refractivity contribution is -0.134. The molecule has 44 heavy (non-hydrogen) atoms. The Labute approximate surface area is 259 Å². The molecule has 4 atom stereocenters. The molecular weight excluding hydrogens is 564 g/mol. The summed E-state index contributed by atoms with van der Waals surface area (Å²) in [6, 6.07) is 13.8. The van der Waals surface area contributed by atoms with Gasteiger partial charge >= 0.3 is 0 Å². The summed E-state index contributed by atoms with van der Waals surface area (Å²) in [4.78, 5) is 55.5. The van der Waals surface area contributed by atoms with Crippen LogP contribution in [0.1, 0.15) is 38.8 Å². The number of amides is 3. The van der Waals surface area contributed by atoms with Crippen molar-refractivity contribution in [1.82, 2.24) is 20.9 Å². The normalized spacial score (nSPS) is 21.3. The fraction of sp³-hybridized carbons (Fsp3) is 0.515. The van der Waals surface area contributed by atoms with Crippen LogP contribution < -0.4 is 20.7 Å². The molecule has 238 valence electrons. The van der Waals surface area contributed by atoms with Crippen LogP contribution in [0.5, 0.6) is 5.75 Å². The number of rotatable bonds is 14. The predicted octanol–water partition coefficient (Wildman–Crippen LogP) is 1.42. The maximum atomic E-state index is 13.9. The van der Waals surface area contributed by atoms with Gasteiger partial charge < -0.3 is 30.2 Å². The second kappa shape index (κ2) is 14.3.